The summed E-state index contributed by atoms with van der Waals surface area (Å²) < 4.78 is 5.02. The van der Waals surface area contributed by atoms with E-state index in [0.717, 1.165) is 17.7 Å². The monoisotopic (exact) mass is 208 g/mol. The van der Waals surface area contributed by atoms with Crippen LogP contribution in [0.5, 0.6) is 5.75 Å². The normalized spacial score (nSPS) is 12.1. The van der Waals surface area contributed by atoms with Crippen LogP contribution in [0.25, 0.3) is 0 Å². The zero-order valence-corrected chi connectivity index (χ0v) is 9.06. The quantitative estimate of drug-likeness (QED) is 0.809. The number of carbonyl (C=O) groups is 1. The van der Waals surface area contributed by atoms with Crippen LogP contribution in [0.3, 0.4) is 0 Å². The standard InChI is InChI=1S/C12H16O3/c1-3-4-11(12(13)14)9-5-7-10(15-2)8-6-9/h5-8,11H,3-4H2,1-2H3,(H,13,14). The fourth-order valence-corrected chi connectivity index (χ4v) is 1.56. The Bertz CT molecular complexity index is 316. The van der Waals surface area contributed by atoms with E-state index in [2.05, 4.69) is 0 Å². The van der Waals surface area contributed by atoms with Gasteiger partial charge in [0.05, 0.1) is 13.0 Å². The summed E-state index contributed by atoms with van der Waals surface area (Å²) in [6.07, 6.45) is 1.53. The molecule has 0 bridgehead atoms. The first-order chi connectivity index (χ1) is 7.19. The minimum absolute atomic E-state index is 0.402. The zero-order valence-electron chi connectivity index (χ0n) is 9.06. The molecule has 0 radical (unpaired) electrons. The summed E-state index contributed by atoms with van der Waals surface area (Å²) in [6.45, 7) is 1.99. The van der Waals surface area contributed by atoms with Crippen molar-refractivity contribution >= 4 is 5.97 Å². The minimum atomic E-state index is -0.762. The topological polar surface area (TPSA) is 46.5 Å². The number of benzene rings is 1. The van der Waals surface area contributed by atoms with Crippen LogP contribution >= 0.6 is 0 Å². The Morgan fingerprint density at radius 2 is 2.00 bits per heavy atom. The molecule has 0 spiro atoms. The van der Waals surface area contributed by atoms with E-state index < -0.39 is 11.9 Å². The van der Waals surface area contributed by atoms with Crippen LogP contribution in [-0.4, -0.2) is 18.2 Å². The highest BCUT2D eigenvalue weighted by atomic mass is 16.5. The van der Waals surface area contributed by atoms with Crippen molar-refractivity contribution in [3.05, 3.63) is 29.8 Å². The van der Waals surface area contributed by atoms with Gasteiger partial charge in [0, 0.05) is 0 Å². The number of aliphatic carboxylic acids is 1. The molecule has 1 N–H and O–H groups in total. The van der Waals surface area contributed by atoms with Crippen molar-refractivity contribution in [3.8, 4) is 5.75 Å². The lowest BCUT2D eigenvalue weighted by molar-refractivity contribution is -0.139. The lowest BCUT2D eigenvalue weighted by Gasteiger charge is -2.11. The molecule has 1 aromatic rings. The molecular weight excluding hydrogens is 192 g/mol. The molecule has 0 aromatic heterocycles. The molecule has 0 fully saturated rings. The summed E-state index contributed by atoms with van der Waals surface area (Å²) >= 11 is 0. The average molecular weight is 208 g/mol. The van der Waals surface area contributed by atoms with E-state index in [9.17, 15) is 4.79 Å². The molecule has 0 heterocycles. The molecule has 0 aliphatic rings. The summed E-state index contributed by atoms with van der Waals surface area (Å²) in [5.41, 5.74) is 0.838. The predicted octanol–water partition coefficient (Wildman–Crippen LogP) is 2.66. The molecule has 1 atom stereocenters. The fourth-order valence-electron chi connectivity index (χ4n) is 1.56. The van der Waals surface area contributed by atoms with Crippen LogP contribution in [0.15, 0.2) is 24.3 Å². The lowest BCUT2D eigenvalue weighted by Crippen LogP contribution is -2.11. The number of carboxylic acids is 1. The van der Waals surface area contributed by atoms with E-state index in [1.165, 1.54) is 0 Å². The Morgan fingerprint density at radius 1 is 1.40 bits per heavy atom. The van der Waals surface area contributed by atoms with Crippen molar-refractivity contribution in [1.82, 2.24) is 0 Å². The largest absolute Gasteiger partial charge is 0.497 e. The first-order valence-corrected chi connectivity index (χ1v) is 5.05. The van der Waals surface area contributed by atoms with Gasteiger partial charge < -0.3 is 9.84 Å². The molecular formula is C12H16O3. The van der Waals surface area contributed by atoms with E-state index in [0.29, 0.717) is 6.42 Å². The smallest absolute Gasteiger partial charge is 0.310 e. The third-order valence-electron chi connectivity index (χ3n) is 2.39. The summed E-state index contributed by atoms with van der Waals surface area (Å²) in [5, 5.41) is 9.05. The van der Waals surface area contributed by atoms with Crippen molar-refractivity contribution in [2.24, 2.45) is 0 Å². The van der Waals surface area contributed by atoms with Gasteiger partial charge in [0.25, 0.3) is 0 Å². The van der Waals surface area contributed by atoms with E-state index in [4.69, 9.17) is 9.84 Å². The number of carboxylic acid groups (broad SMARTS) is 1. The number of ether oxygens (including phenoxy) is 1. The molecule has 0 amide bonds. The van der Waals surface area contributed by atoms with Crippen molar-refractivity contribution in [3.63, 3.8) is 0 Å². The number of methoxy groups -OCH3 is 1. The van der Waals surface area contributed by atoms with Crippen molar-refractivity contribution < 1.29 is 14.6 Å². The van der Waals surface area contributed by atoms with Gasteiger partial charge in [-0.05, 0) is 24.1 Å². The molecule has 0 aliphatic heterocycles. The van der Waals surface area contributed by atoms with Crippen molar-refractivity contribution in [2.75, 3.05) is 7.11 Å². The molecule has 0 saturated carbocycles. The molecule has 0 saturated heterocycles. The molecule has 3 nitrogen and oxygen atoms in total. The highest BCUT2D eigenvalue weighted by molar-refractivity contribution is 5.76. The third kappa shape index (κ3) is 2.98. The maximum absolute atomic E-state index is 11.0. The molecule has 1 aromatic carbocycles. The van der Waals surface area contributed by atoms with E-state index in [1.54, 1.807) is 19.2 Å². The Hall–Kier alpha value is -1.51. The zero-order chi connectivity index (χ0) is 11.3. The predicted molar refractivity (Wildman–Crippen MR) is 58.3 cm³/mol. The van der Waals surface area contributed by atoms with Crippen LogP contribution in [-0.2, 0) is 4.79 Å². The first kappa shape index (κ1) is 11.6. The molecule has 1 unspecified atom stereocenters. The first-order valence-electron chi connectivity index (χ1n) is 5.05. The summed E-state index contributed by atoms with van der Waals surface area (Å²) in [6, 6.07) is 7.21. The maximum atomic E-state index is 11.0. The molecule has 0 aliphatic carbocycles. The van der Waals surface area contributed by atoms with Crippen molar-refractivity contribution in [2.45, 2.75) is 25.7 Å². The van der Waals surface area contributed by atoms with Crippen LogP contribution in [0.4, 0.5) is 0 Å². The van der Waals surface area contributed by atoms with E-state index in [-0.39, 0.29) is 0 Å². The Morgan fingerprint density at radius 3 is 2.40 bits per heavy atom. The minimum Gasteiger partial charge on any atom is -0.497 e. The van der Waals surface area contributed by atoms with E-state index in [1.807, 2.05) is 19.1 Å². The van der Waals surface area contributed by atoms with Crippen molar-refractivity contribution in [1.29, 1.82) is 0 Å². The number of hydrogen-bond donors (Lipinski definition) is 1. The van der Waals surface area contributed by atoms with Crippen LogP contribution in [0, 0.1) is 0 Å². The Balaban J connectivity index is 2.86. The summed E-state index contributed by atoms with van der Waals surface area (Å²) in [5.74, 6) is -0.415. The SMILES string of the molecule is CCCC(C(=O)O)c1ccc(OC)cc1. The highest BCUT2D eigenvalue weighted by Crippen LogP contribution is 2.23. The van der Waals surface area contributed by atoms with Gasteiger partial charge in [0.2, 0.25) is 0 Å². The van der Waals surface area contributed by atoms with E-state index >= 15 is 0 Å². The Labute approximate surface area is 89.7 Å². The second-order valence-electron chi connectivity index (χ2n) is 3.45. The average Bonchev–Trinajstić information content (AvgIpc) is 2.26. The van der Waals surface area contributed by atoms with Crippen LogP contribution in [0.1, 0.15) is 31.2 Å². The van der Waals surface area contributed by atoms with Gasteiger partial charge in [-0.15, -0.1) is 0 Å². The second-order valence-corrected chi connectivity index (χ2v) is 3.45. The highest BCUT2D eigenvalue weighted by Gasteiger charge is 2.18. The molecule has 1 rings (SSSR count). The fraction of sp³-hybridized carbons (Fsp3) is 0.417. The summed E-state index contributed by atoms with van der Waals surface area (Å²) in [7, 11) is 1.59. The third-order valence-corrected chi connectivity index (χ3v) is 2.39. The van der Waals surface area contributed by atoms with Gasteiger partial charge >= 0.3 is 5.97 Å². The number of hydrogen-bond acceptors (Lipinski definition) is 2. The second kappa shape index (κ2) is 5.39. The van der Waals surface area contributed by atoms with Gasteiger partial charge in [0.1, 0.15) is 5.75 Å². The summed E-state index contributed by atoms with van der Waals surface area (Å²) in [4.78, 5) is 11.0. The maximum Gasteiger partial charge on any atom is 0.310 e. The number of rotatable bonds is 5. The molecule has 3 heteroatoms. The van der Waals surface area contributed by atoms with Gasteiger partial charge in [0.15, 0.2) is 0 Å². The van der Waals surface area contributed by atoms with Gasteiger partial charge in [-0.1, -0.05) is 25.5 Å². The molecule has 15 heavy (non-hydrogen) atoms. The Kier molecular flexibility index (Phi) is 4.16. The van der Waals surface area contributed by atoms with Crippen LogP contribution in [0.2, 0.25) is 0 Å². The van der Waals surface area contributed by atoms with Gasteiger partial charge in [-0.2, -0.15) is 0 Å². The van der Waals surface area contributed by atoms with Gasteiger partial charge in [-0.25, -0.2) is 0 Å². The van der Waals surface area contributed by atoms with Crippen LogP contribution < -0.4 is 4.74 Å². The molecule has 82 valence electrons. The lowest BCUT2D eigenvalue weighted by atomic mass is 9.95. The van der Waals surface area contributed by atoms with Gasteiger partial charge in [-0.3, -0.25) is 4.79 Å².